The first kappa shape index (κ1) is 23.5. The van der Waals surface area contributed by atoms with Crippen LogP contribution in [0, 0.1) is 0 Å². The van der Waals surface area contributed by atoms with Gasteiger partial charge in [0.1, 0.15) is 0 Å². The van der Waals surface area contributed by atoms with Crippen molar-refractivity contribution in [3.05, 3.63) is 97.1 Å². The number of H-pyrrole nitrogens is 2. The molecular weight excluding hydrogens is 582 g/mol. The van der Waals surface area contributed by atoms with E-state index in [4.69, 9.17) is 0 Å². The average molecular weight is 606 g/mol. The fourth-order valence-corrected chi connectivity index (χ4v) is 9.78. The third-order valence-electron chi connectivity index (χ3n) is 8.47. The van der Waals surface area contributed by atoms with Crippen molar-refractivity contribution in [2.45, 2.75) is 0 Å². The van der Waals surface area contributed by atoms with Gasteiger partial charge in [0.15, 0.2) is 0 Å². The second kappa shape index (κ2) is 8.43. The van der Waals surface area contributed by atoms with Gasteiger partial charge >= 0.3 is 242 Å². The number of nitrogens with one attached hydrogen (secondary N) is 6. The number of aromatic nitrogens is 4. The van der Waals surface area contributed by atoms with E-state index in [9.17, 15) is 0 Å². The molecule has 8 N–H and O–H groups in total. The van der Waals surface area contributed by atoms with E-state index in [0.717, 1.165) is 68.1 Å². The van der Waals surface area contributed by atoms with Gasteiger partial charge in [-0.15, -0.1) is 0 Å². The minimum atomic E-state index is -1.42. The summed E-state index contributed by atoms with van der Waals surface area (Å²) in [6, 6.07) is 34.5. The third kappa shape index (κ3) is 3.02. The Labute approximate surface area is 247 Å². The van der Waals surface area contributed by atoms with Crippen molar-refractivity contribution in [3.63, 3.8) is 0 Å². The topological polar surface area (TPSA) is 121 Å². The maximum absolute atomic E-state index is 3.86. The van der Waals surface area contributed by atoms with E-state index >= 15 is 0 Å². The average Bonchev–Trinajstić information content (AvgIpc) is 3.72. The molecule has 0 amide bonds. The molecule has 42 heavy (non-hydrogen) atoms. The quantitative estimate of drug-likeness (QED) is 0.102. The van der Waals surface area contributed by atoms with Crippen LogP contribution in [0.15, 0.2) is 97.1 Å². The fraction of sp³-hybridized carbons (Fsp3) is 0. The Hall–Kier alpha value is -5.16. The molecule has 6 heterocycles. The van der Waals surface area contributed by atoms with E-state index in [-0.39, 0.29) is 5.48 Å². The number of aromatic amines is 2. The second-order valence-corrected chi connectivity index (χ2v) is 13.3. The van der Waals surface area contributed by atoms with Gasteiger partial charge < -0.3 is 5.48 Å². The summed E-state index contributed by atoms with van der Waals surface area (Å²) in [5.41, 5.74) is 0. The van der Waals surface area contributed by atoms with Crippen LogP contribution in [0.5, 0.6) is 0 Å². The van der Waals surface area contributed by atoms with E-state index in [2.05, 4.69) is 135 Å². The van der Waals surface area contributed by atoms with Crippen molar-refractivity contribution >= 4 is 108 Å². The molecule has 0 saturated heterocycles. The summed E-state index contributed by atoms with van der Waals surface area (Å²) in [5, 5.41) is 24.8. The zero-order valence-corrected chi connectivity index (χ0v) is 24.6. The molecule has 0 unspecified atom stereocenters. The van der Waals surface area contributed by atoms with Crippen LogP contribution in [-0.2, 0) is 0 Å². The summed E-state index contributed by atoms with van der Waals surface area (Å²) in [6.07, 6.45) is 0. The van der Waals surface area contributed by atoms with Gasteiger partial charge in [0.2, 0.25) is 0 Å². The summed E-state index contributed by atoms with van der Waals surface area (Å²) in [7, 11) is 0. The van der Waals surface area contributed by atoms with E-state index in [0.29, 0.717) is 0 Å². The Morgan fingerprint density at radius 1 is 0.357 bits per heavy atom. The second-order valence-electron chi connectivity index (χ2n) is 10.7. The number of nitrogens with zero attached hydrogens (tertiary/aromatic N) is 2. The Kier molecular flexibility index (Phi) is 4.72. The molecule has 2 aliphatic rings. The molecule has 9 nitrogen and oxygen atoms in total. The third-order valence-corrected chi connectivity index (χ3v) is 11.6. The first-order valence-electron chi connectivity index (χ1n) is 13.7. The summed E-state index contributed by atoms with van der Waals surface area (Å²) >= 11 is -1.42. The van der Waals surface area contributed by atoms with E-state index in [1.54, 1.807) is 0 Å². The molecule has 4 aromatic carbocycles. The number of benzene rings is 4. The van der Waals surface area contributed by atoms with Crippen molar-refractivity contribution in [1.29, 1.82) is 0 Å². The summed E-state index contributed by atoms with van der Waals surface area (Å²) in [6.45, 7) is 0. The standard InChI is InChI=1S/C32H22N8.Ga.H2O/c1-2-10-18-17(9-1)25-33-26(18)38-28-21-13-5-6-14-22(21)30(35-28)40-32-24-16-8-7-15-23(24)31(36-32)39-29-20-12-4-3-11-19(20)27(34-29)37-25;;/h1-16,33,36-40H;;1H2/q-2;+2;. The molecule has 8 aromatic rings. The monoisotopic (exact) mass is 605 g/mol. The van der Waals surface area contributed by atoms with Crippen LogP contribution in [-0.4, -0.2) is 39.9 Å². The Balaban J connectivity index is 0.00000250. The van der Waals surface area contributed by atoms with Crippen molar-refractivity contribution in [3.8, 4) is 0 Å². The van der Waals surface area contributed by atoms with Gasteiger partial charge in [-0.25, -0.2) is 0 Å². The zero-order chi connectivity index (χ0) is 26.7. The van der Waals surface area contributed by atoms with Gasteiger partial charge in [-0.05, 0) is 0 Å². The molecular formula is C32H24GaN8O. The van der Waals surface area contributed by atoms with Crippen molar-refractivity contribution in [2.75, 3.05) is 21.3 Å². The van der Waals surface area contributed by atoms with Crippen LogP contribution in [0.25, 0.3) is 43.1 Å². The van der Waals surface area contributed by atoms with Crippen LogP contribution >= 0.6 is 0 Å². The van der Waals surface area contributed by atoms with Crippen LogP contribution in [0.3, 0.4) is 0 Å². The molecule has 10 rings (SSSR count). The molecule has 0 saturated carbocycles. The molecule has 4 aromatic heterocycles. The minimum absolute atomic E-state index is 0. The van der Waals surface area contributed by atoms with Gasteiger partial charge in [-0.3, -0.25) is 0 Å². The zero-order valence-electron chi connectivity index (χ0n) is 22.2. The van der Waals surface area contributed by atoms with Crippen molar-refractivity contribution in [2.24, 2.45) is 0 Å². The maximum atomic E-state index is 3.86. The Bertz CT molecular complexity index is 2060. The summed E-state index contributed by atoms with van der Waals surface area (Å²) in [5.74, 6) is 8.31. The van der Waals surface area contributed by atoms with Crippen molar-refractivity contribution < 1.29 is 5.48 Å². The molecule has 201 valence electrons. The van der Waals surface area contributed by atoms with Gasteiger partial charge in [-0.2, -0.15) is 0 Å². The summed E-state index contributed by atoms with van der Waals surface area (Å²) in [4.78, 5) is 7.40. The number of hydrogen-bond acceptors (Lipinski definition) is 4. The van der Waals surface area contributed by atoms with Gasteiger partial charge in [0.25, 0.3) is 0 Å². The molecule has 0 atom stereocenters. The Morgan fingerprint density at radius 3 is 0.857 bits per heavy atom. The van der Waals surface area contributed by atoms with Gasteiger partial charge in [0.05, 0.1) is 0 Å². The van der Waals surface area contributed by atoms with Crippen LogP contribution in [0.1, 0.15) is 0 Å². The predicted octanol–water partition coefficient (Wildman–Crippen LogP) is 7.27. The number of hydrogen-bond donors (Lipinski definition) is 6. The van der Waals surface area contributed by atoms with Crippen LogP contribution < -0.4 is 21.3 Å². The molecule has 10 heteroatoms. The SMILES string of the molecule is O.c1ccc2c3[nH]c(c2c1)Nc1c2ccccc2c2[n]1[Ga][n]1c(c4ccccc4c1Nc1[nH]c(c4ccccc14)N2)N3. The number of fused-ring (bicyclic) bond motifs is 16. The molecule has 0 aliphatic carbocycles. The van der Waals surface area contributed by atoms with E-state index in [1.165, 1.54) is 21.5 Å². The molecule has 0 spiro atoms. The normalized spacial score (nSPS) is 13.0. The molecule has 0 fully saturated rings. The Morgan fingerprint density at radius 2 is 0.595 bits per heavy atom. The predicted molar refractivity (Wildman–Crippen MR) is 174 cm³/mol. The van der Waals surface area contributed by atoms with Crippen LogP contribution in [0.2, 0.25) is 0 Å². The molecule has 6 bridgehead atoms. The van der Waals surface area contributed by atoms with E-state index in [1.807, 2.05) is 0 Å². The van der Waals surface area contributed by atoms with Crippen molar-refractivity contribution in [1.82, 2.24) is 16.5 Å². The first-order chi connectivity index (χ1) is 20.3. The number of rotatable bonds is 0. The van der Waals surface area contributed by atoms with Gasteiger partial charge in [-0.1, -0.05) is 0 Å². The number of anilines is 8. The van der Waals surface area contributed by atoms with Crippen LogP contribution in [0.4, 0.5) is 46.5 Å². The van der Waals surface area contributed by atoms with E-state index < -0.39 is 17.9 Å². The first-order valence-corrected chi connectivity index (χ1v) is 15.9. The molecule has 1 radical (unpaired) electrons. The fourth-order valence-electron chi connectivity index (χ4n) is 6.62. The summed E-state index contributed by atoms with van der Waals surface area (Å²) < 4.78 is 5.01. The molecule has 2 aliphatic heterocycles. The van der Waals surface area contributed by atoms with Gasteiger partial charge in [0, 0.05) is 0 Å².